The lowest BCUT2D eigenvalue weighted by atomic mass is 9.94. The van der Waals surface area contributed by atoms with Crippen molar-refractivity contribution < 1.29 is 69.3 Å². The Bertz CT molecular complexity index is 1310. The molecule has 4 rings (SSSR count). The van der Waals surface area contributed by atoms with E-state index in [1.807, 2.05) is 13.8 Å². The highest BCUT2D eigenvalue weighted by atomic mass is 16.7. The van der Waals surface area contributed by atoms with Gasteiger partial charge in [0.15, 0.2) is 0 Å². The fraction of sp³-hybridized carbons (Fsp3) is 0.552. The molecule has 0 unspecified atom stereocenters. The second-order valence-corrected chi connectivity index (χ2v) is 10.7. The Balaban J connectivity index is 1.93. The zero-order chi connectivity index (χ0) is 31.6. The zero-order valence-corrected chi connectivity index (χ0v) is 23.8. The lowest BCUT2D eigenvalue weighted by Crippen LogP contribution is -2.60. The molecule has 0 spiro atoms. The average Bonchev–Trinajstić information content (AvgIpc) is 3.00. The molecule has 8 N–H and O–H groups in total. The second kappa shape index (κ2) is 13.8. The molecule has 2 saturated heterocycles. The first kappa shape index (κ1) is 33.0. The van der Waals surface area contributed by atoms with E-state index >= 15 is 0 Å². The molecular formula is C29H38O14. The fourth-order valence-electron chi connectivity index (χ4n) is 5.06. The molecule has 0 saturated carbocycles. The number of benzene rings is 2. The van der Waals surface area contributed by atoms with E-state index in [-0.39, 0.29) is 34.4 Å². The predicted octanol–water partition coefficient (Wildman–Crippen LogP) is -1.51. The molecule has 0 amide bonds. The Labute approximate surface area is 246 Å². The van der Waals surface area contributed by atoms with Gasteiger partial charge in [0.1, 0.15) is 65.9 Å². The minimum atomic E-state index is -1.78. The van der Waals surface area contributed by atoms with Crippen LogP contribution in [0.5, 0.6) is 11.5 Å². The van der Waals surface area contributed by atoms with Crippen LogP contribution in [0.1, 0.15) is 29.8 Å². The third-order valence-electron chi connectivity index (χ3n) is 7.49. The number of carbonyl (C=O) groups excluding carboxylic acids is 1. The molecule has 2 aliphatic heterocycles. The predicted molar refractivity (Wildman–Crippen MR) is 147 cm³/mol. The number of esters is 1. The molecule has 238 valence electrons. The molecule has 14 heteroatoms. The van der Waals surface area contributed by atoms with Crippen LogP contribution >= 0.6 is 0 Å². The molecule has 0 radical (unpaired) electrons. The van der Waals surface area contributed by atoms with Gasteiger partial charge in [0.05, 0.1) is 20.3 Å². The van der Waals surface area contributed by atoms with Gasteiger partial charge in [0.25, 0.3) is 0 Å². The summed E-state index contributed by atoms with van der Waals surface area (Å²) in [6.07, 6.45) is -14.2. The summed E-state index contributed by atoms with van der Waals surface area (Å²) >= 11 is 0. The van der Waals surface area contributed by atoms with Crippen molar-refractivity contribution in [1.82, 2.24) is 0 Å². The third kappa shape index (κ3) is 6.49. The first-order valence-corrected chi connectivity index (χ1v) is 13.7. The highest BCUT2D eigenvalue weighted by Crippen LogP contribution is 2.44. The van der Waals surface area contributed by atoms with Crippen molar-refractivity contribution in [2.24, 2.45) is 0 Å². The van der Waals surface area contributed by atoms with Gasteiger partial charge in [-0.1, -0.05) is 35.9 Å². The van der Waals surface area contributed by atoms with Crippen LogP contribution in [0.15, 0.2) is 35.9 Å². The van der Waals surface area contributed by atoms with E-state index in [4.69, 9.17) is 23.7 Å². The lowest BCUT2D eigenvalue weighted by Gasteiger charge is -2.40. The Hall–Kier alpha value is -2.89. The molecule has 14 nitrogen and oxygen atoms in total. The molecule has 43 heavy (non-hydrogen) atoms. The Morgan fingerprint density at radius 3 is 1.67 bits per heavy atom. The van der Waals surface area contributed by atoms with E-state index < -0.39 is 80.6 Å². The maximum atomic E-state index is 13.4. The van der Waals surface area contributed by atoms with Crippen LogP contribution in [0.4, 0.5) is 0 Å². The smallest absolute Gasteiger partial charge is 0.342 e. The Kier molecular flexibility index (Phi) is 10.6. The number of rotatable bonds is 9. The molecule has 2 aromatic carbocycles. The number of aliphatic hydroxyl groups excluding tert-OH is 8. The summed E-state index contributed by atoms with van der Waals surface area (Å²) in [4.78, 5) is 13.4. The molecule has 0 bridgehead atoms. The van der Waals surface area contributed by atoms with Gasteiger partial charge in [0, 0.05) is 16.3 Å². The van der Waals surface area contributed by atoms with Crippen LogP contribution in [0.2, 0.25) is 0 Å². The summed E-state index contributed by atoms with van der Waals surface area (Å²) < 4.78 is 28.4. The number of fused-ring (bicyclic) bond motifs is 1. The van der Waals surface area contributed by atoms with Crippen LogP contribution in [0.3, 0.4) is 0 Å². The van der Waals surface area contributed by atoms with Crippen molar-refractivity contribution in [1.29, 1.82) is 0 Å². The maximum Gasteiger partial charge on any atom is 0.342 e. The van der Waals surface area contributed by atoms with Crippen molar-refractivity contribution in [2.75, 3.05) is 20.3 Å². The Morgan fingerprint density at radius 2 is 1.23 bits per heavy atom. The number of allylic oxidation sites excluding steroid dienone is 2. The largest absolute Gasteiger partial charge is 0.465 e. The third-order valence-corrected chi connectivity index (χ3v) is 7.49. The van der Waals surface area contributed by atoms with Gasteiger partial charge in [-0.05, 0) is 20.3 Å². The number of aliphatic hydroxyl groups is 8. The lowest BCUT2D eigenvalue weighted by molar-refractivity contribution is -0.277. The molecule has 2 heterocycles. The van der Waals surface area contributed by atoms with Gasteiger partial charge in [-0.2, -0.15) is 0 Å². The molecule has 10 atom stereocenters. The van der Waals surface area contributed by atoms with Gasteiger partial charge < -0.3 is 64.5 Å². The fourth-order valence-corrected chi connectivity index (χ4v) is 5.06. The van der Waals surface area contributed by atoms with Crippen LogP contribution in [0, 0.1) is 0 Å². The van der Waals surface area contributed by atoms with Crippen molar-refractivity contribution >= 4 is 16.7 Å². The summed E-state index contributed by atoms with van der Waals surface area (Å²) in [6, 6.07) is 6.45. The molecule has 2 aromatic rings. The van der Waals surface area contributed by atoms with Gasteiger partial charge in [-0.25, -0.2) is 4.79 Å². The zero-order valence-electron chi connectivity index (χ0n) is 23.8. The van der Waals surface area contributed by atoms with Gasteiger partial charge in [-0.15, -0.1) is 0 Å². The maximum absolute atomic E-state index is 13.4. The average molecular weight is 611 g/mol. The Morgan fingerprint density at radius 1 is 0.767 bits per heavy atom. The number of hydrogen-bond donors (Lipinski definition) is 8. The topological polar surface area (TPSA) is 225 Å². The van der Waals surface area contributed by atoms with Crippen molar-refractivity contribution in [3.05, 3.63) is 47.0 Å². The van der Waals surface area contributed by atoms with E-state index in [0.717, 1.165) is 12.7 Å². The molecule has 0 aromatic heterocycles. The molecule has 2 fully saturated rings. The van der Waals surface area contributed by atoms with Gasteiger partial charge >= 0.3 is 5.97 Å². The normalized spacial score (nSPS) is 32.7. The summed E-state index contributed by atoms with van der Waals surface area (Å²) in [5.41, 5.74) is 0.873. The van der Waals surface area contributed by atoms with Crippen molar-refractivity contribution in [3.63, 3.8) is 0 Å². The number of carbonyl (C=O) groups is 1. The van der Waals surface area contributed by atoms with Crippen molar-refractivity contribution in [2.45, 2.75) is 81.7 Å². The first-order valence-electron chi connectivity index (χ1n) is 13.7. The van der Waals surface area contributed by atoms with E-state index in [1.54, 1.807) is 30.3 Å². The quantitative estimate of drug-likeness (QED) is 0.119. The highest BCUT2D eigenvalue weighted by Gasteiger charge is 2.47. The highest BCUT2D eigenvalue weighted by molar-refractivity contribution is 6.06. The molecular weight excluding hydrogens is 572 g/mol. The molecule has 0 aliphatic carbocycles. The van der Waals surface area contributed by atoms with E-state index in [1.165, 1.54) is 0 Å². The van der Waals surface area contributed by atoms with Gasteiger partial charge in [-0.3, -0.25) is 0 Å². The van der Waals surface area contributed by atoms with Gasteiger partial charge in [0.2, 0.25) is 12.6 Å². The number of hydrogen-bond acceptors (Lipinski definition) is 14. The summed E-state index contributed by atoms with van der Waals surface area (Å²) in [6.45, 7) is 2.26. The van der Waals surface area contributed by atoms with E-state index in [0.29, 0.717) is 5.39 Å². The SMILES string of the molecule is COC(=O)c1c(CC=C(C)C)c(O[C@H]2O[C@@H](CO)[C@@H](O)[C@@H](O)[C@@H]2O)c2ccccc2c1O[C@@H]1O[C@@H](CO)[C@@H](O)[C@@H](O)[C@H]1O. The first-order chi connectivity index (χ1) is 20.4. The summed E-state index contributed by atoms with van der Waals surface area (Å²) in [5.74, 6) is -0.995. The minimum absolute atomic E-state index is 0.0268. The second-order valence-electron chi connectivity index (χ2n) is 10.7. The van der Waals surface area contributed by atoms with E-state index in [9.17, 15) is 45.6 Å². The monoisotopic (exact) mass is 610 g/mol. The van der Waals surface area contributed by atoms with Crippen LogP contribution in [0.25, 0.3) is 10.8 Å². The molecule has 2 aliphatic rings. The minimum Gasteiger partial charge on any atom is -0.465 e. The van der Waals surface area contributed by atoms with Crippen LogP contribution in [-0.2, 0) is 20.6 Å². The van der Waals surface area contributed by atoms with E-state index in [2.05, 4.69) is 0 Å². The van der Waals surface area contributed by atoms with Crippen LogP contribution < -0.4 is 9.47 Å². The summed E-state index contributed by atoms with van der Waals surface area (Å²) in [7, 11) is 1.14. The van der Waals surface area contributed by atoms with Crippen LogP contribution in [-0.4, -0.2) is 129 Å². The standard InChI is InChI=1S/C29H38O14/c1-12(2)8-9-15-18(27(38)39-3)26(43-29-24(37)22(35)20(33)17(11-31)41-29)14-7-5-4-6-13(14)25(15)42-28-23(36)21(34)19(32)16(10-30)40-28/h4-8,16-17,19-24,28-37H,9-11H2,1-3H3/t16-,17-,19+,20+,21+,22+,23-,24+,28+,29-/m0/s1. The summed E-state index contributed by atoms with van der Waals surface area (Å²) in [5, 5.41) is 82.4. The van der Waals surface area contributed by atoms with Crippen molar-refractivity contribution in [3.8, 4) is 11.5 Å². The number of methoxy groups -OCH3 is 1. The number of ether oxygens (including phenoxy) is 5.